The molecule has 2 aromatic rings. The summed E-state index contributed by atoms with van der Waals surface area (Å²) in [6, 6.07) is 9.99. The van der Waals surface area contributed by atoms with Crippen molar-refractivity contribution in [1.82, 2.24) is 0 Å². The number of rotatable bonds is 11. The second-order valence-electron chi connectivity index (χ2n) is 5.21. The summed E-state index contributed by atoms with van der Waals surface area (Å²) in [5, 5.41) is 0. The molecule has 0 saturated carbocycles. The lowest BCUT2D eigenvalue weighted by Crippen LogP contribution is -2.11. The minimum atomic E-state index is 0.279. The number of aldehydes is 2. The first kappa shape index (κ1) is 19.3. The zero-order valence-corrected chi connectivity index (χ0v) is 14.9. The average Bonchev–Trinajstić information content (AvgIpc) is 2.67. The van der Waals surface area contributed by atoms with E-state index in [0.717, 1.165) is 12.6 Å². The first-order valence-electron chi connectivity index (χ1n) is 8.41. The smallest absolute Gasteiger partial charge is 0.161 e. The van der Waals surface area contributed by atoms with Gasteiger partial charge in [0.15, 0.2) is 23.0 Å². The van der Waals surface area contributed by atoms with E-state index in [0.29, 0.717) is 47.3 Å². The van der Waals surface area contributed by atoms with Crippen LogP contribution in [-0.2, 0) is 0 Å². The van der Waals surface area contributed by atoms with E-state index < -0.39 is 0 Å². The normalized spacial score (nSPS) is 10.1. The van der Waals surface area contributed by atoms with Gasteiger partial charge in [0, 0.05) is 11.1 Å². The molecule has 138 valence electrons. The number of carbonyl (C=O) groups is 2. The van der Waals surface area contributed by atoms with E-state index in [2.05, 4.69) is 0 Å². The van der Waals surface area contributed by atoms with Gasteiger partial charge in [-0.05, 0) is 50.2 Å². The van der Waals surface area contributed by atoms with Crippen molar-refractivity contribution in [2.45, 2.75) is 13.8 Å². The lowest BCUT2D eigenvalue weighted by Gasteiger charge is -2.14. The Balaban J connectivity index is 1.96. The van der Waals surface area contributed by atoms with Gasteiger partial charge in [-0.25, -0.2) is 0 Å². The molecule has 0 amide bonds. The van der Waals surface area contributed by atoms with Crippen LogP contribution in [-0.4, -0.2) is 39.0 Å². The Labute approximate surface area is 152 Å². The number of hydrogen-bond donors (Lipinski definition) is 0. The Kier molecular flexibility index (Phi) is 7.49. The second kappa shape index (κ2) is 10.1. The molecule has 0 heterocycles. The Bertz CT molecular complexity index is 678. The topological polar surface area (TPSA) is 71.1 Å². The third kappa shape index (κ3) is 5.24. The van der Waals surface area contributed by atoms with Gasteiger partial charge in [-0.1, -0.05) is 0 Å². The van der Waals surface area contributed by atoms with Crippen LogP contribution in [0, 0.1) is 0 Å². The van der Waals surface area contributed by atoms with E-state index in [-0.39, 0.29) is 13.2 Å². The summed E-state index contributed by atoms with van der Waals surface area (Å²) >= 11 is 0. The predicted molar refractivity (Wildman–Crippen MR) is 97.0 cm³/mol. The van der Waals surface area contributed by atoms with Crippen LogP contribution in [0.25, 0.3) is 0 Å². The van der Waals surface area contributed by atoms with Crippen molar-refractivity contribution in [3.63, 3.8) is 0 Å². The highest BCUT2D eigenvalue weighted by Crippen LogP contribution is 2.29. The summed E-state index contributed by atoms with van der Waals surface area (Å²) < 4.78 is 22.4. The summed E-state index contributed by atoms with van der Waals surface area (Å²) in [5.41, 5.74) is 1.04. The molecule has 0 N–H and O–H groups in total. The molecule has 0 aliphatic rings. The van der Waals surface area contributed by atoms with Crippen LogP contribution in [0.15, 0.2) is 36.4 Å². The fraction of sp³-hybridized carbons (Fsp3) is 0.300. The molecule has 2 rings (SSSR count). The van der Waals surface area contributed by atoms with Crippen molar-refractivity contribution in [2.75, 3.05) is 26.4 Å². The average molecular weight is 358 g/mol. The molecule has 6 nitrogen and oxygen atoms in total. The molecule has 0 aliphatic carbocycles. The van der Waals surface area contributed by atoms with Gasteiger partial charge in [-0.3, -0.25) is 9.59 Å². The van der Waals surface area contributed by atoms with Gasteiger partial charge < -0.3 is 18.9 Å². The van der Waals surface area contributed by atoms with Gasteiger partial charge in [0.05, 0.1) is 13.2 Å². The summed E-state index contributed by atoms with van der Waals surface area (Å²) in [6.07, 6.45) is 1.52. The summed E-state index contributed by atoms with van der Waals surface area (Å²) in [7, 11) is 0. The Morgan fingerprint density at radius 1 is 0.654 bits per heavy atom. The summed E-state index contributed by atoms with van der Waals surface area (Å²) in [4.78, 5) is 21.7. The van der Waals surface area contributed by atoms with Crippen LogP contribution < -0.4 is 18.9 Å². The quantitative estimate of drug-likeness (QED) is 0.452. The third-order valence-corrected chi connectivity index (χ3v) is 3.41. The van der Waals surface area contributed by atoms with Crippen LogP contribution in [0.3, 0.4) is 0 Å². The SMILES string of the molecule is CCOc1cc(C=O)ccc1OCCOc1ccc(C=O)cc1OCC. The monoisotopic (exact) mass is 358 g/mol. The fourth-order valence-electron chi connectivity index (χ4n) is 2.27. The van der Waals surface area contributed by atoms with E-state index in [4.69, 9.17) is 18.9 Å². The molecule has 0 atom stereocenters. The lowest BCUT2D eigenvalue weighted by atomic mass is 10.2. The molecular weight excluding hydrogens is 336 g/mol. The van der Waals surface area contributed by atoms with Gasteiger partial charge in [-0.15, -0.1) is 0 Å². The highest BCUT2D eigenvalue weighted by molar-refractivity contribution is 5.77. The maximum absolute atomic E-state index is 10.9. The minimum Gasteiger partial charge on any atom is -0.490 e. The molecule has 0 saturated heterocycles. The molecular formula is C20H22O6. The molecule has 0 fully saturated rings. The van der Waals surface area contributed by atoms with Gasteiger partial charge in [0.1, 0.15) is 25.8 Å². The number of benzene rings is 2. The van der Waals surface area contributed by atoms with Crippen molar-refractivity contribution in [3.05, 3.63) is 47.5 Å². The van der Waals surface area contributed by atoms with Crippen LogP contribution in [0.1, 0.15) is 34.6 Å². The van der Waals surface area contributed by atoms with Crippen LogP contribution in [0.4, 0.5) is 0 Å². The Morgan fingerprint density at radius 3 is 1.42 bits per heavy atom. The van der Waals surface area contributed by atoms with E-state index in [1.807, 2.05) is 13.8 Å². The standard InChI is InChI=1S/C20H22O6/c1-3-23-19-11-15(13-21)5-7-17(19)25-9-10-26-18-8-6-16(14-22)12-20(18)24-4-2/h5-8,11-14H,3-4,9-10H2,1-2H3. The molecule has 0 aliphatic heterocycles. The Hall–Kier alpha value is -3.02. The molecule has 0 unspecified atom stereocenters. The third-order valence-electron chi connectivity index (χ3n) is 3.41. The zero-order chi connectivity index (χ0) is 18.8. The van der Waals surface area contributed by atoms with Crippen molar-refractivity contribution < 1.29 is 28.5 Å². The molecule has 0 bridgehead atoms. The lowest BCUT2D eigenvalue weighted by molar-refractivity contribution is 0.111. The maximum Gasteiger partial charge on any atom is 0.161 e. The molecule has 0 spiro atoms. The summed E-state index contributed by atoms with van der Waals surface area (Å²) in [5.74, 6) is 2.12. The van der Waals surface area contributed by atoms with Gasteiger partial charge in [0.25, 0.3) is 0 Å². The van der Waals surface area contributed by atoms with Gasteiger partial charge in [0.2, 0.25) is 0 Å². The van der Waals surface area contributed by atoms with Crippen LogP contribution in [0.2, 0.25) is 0 Å². The minimum absolute atomic E-state index is 0.279. The Morgan fingerprint density at radius 2 is 1.08 bits per heavy atom. The molecule has 0 radical (unpaired) electrons. The van der Waals surface area contributed by atoms with E-state index in [9.17, 15) is 9.59 Å². The molecule has 2 aromatic carbocycles. The number of hydrogen-bond acceptors (Lipinski definition) is 6. The van der Waals surface area contributed by atoms with Gasteiger partial charge in [-0.2, -0.15) is 0 Å². The zero-order valence-electron chi connectivity index (χ0n) is 14.9. The van der Waals surface area contributed by atoms with E-state index >= 15 is 0 Å². The van der Waals surface area contributed by atoms with Crippen molar-refractivity contribution in [1.29, 1.82) is 0 Å². The van der Waals surface area contributed by atoms with Crippen molar-refractivity contribution >= 4 is 12.6 Å². The van der Waals surface area contributed by atoms with Crippen molar-refractivity contribution in [2.24, 2.45) is 0 Å². The highest BCUT2D eigenvalue weighted by atomic mass is 16.6. The highest BCUT2D eigenvalue weighted by Gasteiger charge is 2.09. The number of carbonyl (C=O) groups excluding carboxylic acids is 2. The molecule has 26 heavy (non-hydrogen) atoms. The predicted octanol–water partition coefficient (Wildman–Crippen LogP) is 3.57. The first-order chi connectivity index (χ1) is 12.7. The maximum atomic E-state index is 10.9. The second-order valence-corrected chi connectivity index (χ2v) is 5.21. The van der Waals surface area contributed by atoms with E-state index in [1.165, 1.54) is 0 Å². The van der Waals surface area contributed by atoms with Crippen LogP contribution in [0.5, 0.6) is 23.0 Å². The van der Waals surface area contributed by atoms with E-state index in [1.54, 1.807) is 36.4 Å². The largest absolute Gasteiger partial charge is 0.490 e. The van der Waals surface area contributed by atoms with Crippen molar-refractivity contribution in [3.8, 4) is 23.0 Å². The number of ether oxygens (including phenoxy) is 4. The van der Waals surface area contributed by atoms with Crippen LogP contribution >= 0.6 is 0 Å². The van der Waals surface area contributed by atoms with Gasteiger partial charge >= 0.3 is 0 Å². The molecule has 6 heteroatoms. The summed E-state index contributed by atoms with van der Waals surface area (Å²) in [6.45, 7) is 5.21. The first-order valence-corrected chi connectivity index (χ1v) is 8.41. The molecule has 0 aromatic heterocycles. The fourth-order valence-corrected chi connectivity index (χ4v) is 2.27.